The molecule has 1 aliphatic carbocycles. The topological polar surface area (TPSA) is 84.2 Å². The molecule has 126 valence electrons. The van der Waals surface area contributed by atoms with E-state index in [2.05, 4.69) is 10.6 Å². The second kappa shape index (κ2) is 7.05. The number of aryl methyl sites for hydroxylation is 2. The molecule has 0 atom stereocenters. The van der Waals surface area contributed by atoms with Crippen LogP contribution in [0.1, 0.15) is 44.8 Å². The van der Waals surface area contributed by atoms with Crippen molar-refractivity contribution in [3.8, 4) is 0 Å². The van der Waals surface area contributed by atoms with Crippen molar-refractivity contribution in [2.75, 3.05) is 5.32 Å². The molecule has 0 spiro atoms. The number of rotatable bonds is 4. The summed E-state index contributed by atoms with van der Waals surface area (Å²) >= 11 is 1.47. The van der Waals surface area contributed by atoms with Crippen LogP contribution in [0.15, 0.2) is 24.3 Å². The van der Waals surface area contributed by atoms with Crippen LogP contribution in [-0.4, -0.2) is 11.9 Å². The second-order valence-corrected chi connectivity index (χ2v) is 7.18. The molecule has 5 nitrogen and oxygen atoms in total. The molecule has 1 aromatic heterocycles. The fourth-order valence-electron chi connectivity index (χ4n) is 3.07. The fraction of sp³-hybridized carbons (Fsp3) is 0.333. The van der Waals surface area contributed by atoms with Crippen molar-refractivity contribution >= 4 is 28.3 Å². The Morgan fingerprint density at radius 3 is 2.79 bits per heavy atom. The zero-order valence-corrected chi connectivity index (χ0v) is 14.5. The fourth-order valence-corrected chi connectivity index (χ4v) is 4.36. The number of urea groups is 1. The zero-order valence-electron chi connectivity index (χ0n) is 13.6. The lowest BCUT2D eigenvalue weighted by atomic mass is 9.95. The van der Waals surface area contributed by atoms with Gasteiger partial charge in [-0.05, 0) is 43.7 Å². The van der Waals surface area contributed by atoms with Crippen LogP contribution in [-0.2, 0) is 19.4 Å². The van der Waals surface area contributed by atoms with E-state index in [4.69, 9.17) is 5.73 Å². The number of primary amides is 1. The van der Waals surface area contributed by atoms with E-state index < -0.39 is 5.91 Å². The number of benzene rings is 1. The van der Waals surface area contributed by atoms with E-state index in [0.29, 0.717) is 17.1 Å². The average Bonchev–Trinajstić information content (AvgIpc) is 2.91. The van der Waals surface area contributed by atoms with Gasteiger partial charge in [-0.2, -0.15) is 0 Å². The maximum atomic E-state index is 12.2. The number of nitrogens with one attached hydrogen (secondary N) is 2. The maximum Gasteiger partial charge on any atom is 0.320 e. The van der Waals surface area contributed by atoms with Gasteiger partial charge in [-0.3, -0.25) is 10.1 Å². The molecule has 0 fully saturated rings. The van der Waals surface area contributed by atoms with E-state index in [1.165, 1.54) is 16.2 Å². The first kappa shape index (κ1) is 16.5. The number of fused-ring (bicyclic) bond motifs is 1. The molecule has 3 amide bonds. The summed E-state index contributed by atoms with van der Waals surface area (Å²) in [5, 5.41) is 6.19. The predicted molar refractivity (Wildman–Crippen MR) is 96.5 cm³/mol. The number of carbonyl (C=O) groups excluding carboxylic acids is 2. The van der Waals surface area contributed by atoms with Gasteiger partial charge in [0.2, 0.25) is 0 Å². The Labute approximate surface area is 145 Å². The van der Waals surface area contributed by atoms with Gasteiger partial charge in [0.1, 0.15) is 5.00 Å². The van der Waals surface area contributed by atoms with Crippen LogP contribution in [0, 0.1) is 6.92 Å². The summed E-state index contributed by atoms with van der Waals surface area (Å²) in [6.07, 6.45) is 3.98. The number of hydrogen-bond acceptors (Lipinski definition) is 3. The minimum absolute atomic E-state index is 0.322. The number of thiophene rings is 1. The highest BCUT2D eigenvalue weighted by atomic mass is 32.1. The van der Waals surface area contributed by atoms with Crippen molar-refractivity contribution in [3.63, 3.8) is 0 Å². The molecule has 1 aliphatic rings. The van der Waals surface area contributed by atoms with Gasteiger partial charge in [0.15, 0.2) is 0 Å². The Hall–Kier alpha value is -2.34. The van der Waals surface area contributed by atoms with Crippen LogP contribution in [0.5, 0.6) is 0 Å². The summed E-state index contributed by atoms with van der Waals surface area (Å²) in [5.41, 5.74) is 9.23. The lowest BCUT2D eigenvalue weighted by molar-refractivity contribution is 0.100. The zero-order chi connectivity index (χ0) is 17.1. The molecule has 0 aliphatic heterocycles. The summed E-state index contributed by atoms with van der Waals surface area (Å²) in [7, 11) is 0. The van der Waals surface area contributed by atoms with Crippen molar-refractivity contribution in [2.45, 2.75) is 39.2 Å². The van der Waals surface area contributed by atoms with Crippen LogP contribution in [0.4, 0.5) is 9.80 Å². The van der Waals surface area contributed by atoms with E-state index in [-0.39, 0.29) is 6.03 Å². The first-order valence-corrected chi connectivity index (χ1v) is 8.91. The summed E-state index contributed by atoms with van der Waals surface area (Å²) in [6.45, 7) is 2.45. The van der Waals surface area contributed by atoms with Gasteiger partial charge in [-0.25, -0.2) is 4.79 Å². The minimum Gasteiger partial charge on any atom is -0.365 e. The summed E-state index contributed by atoms with van der Waals surface area (Å²) < 4.78 is 0. The Kier molecular flexibility index (Phi) is 4.85. The summed E-state index contributed by atoms with van der Waals surface area (Å²) in [6, 6.07) is 7.64. The molecule has 6 heteroatoms. The number of hydrogen-bond donors (Lipinski definition) is 3. The Morgan fingerprint density at radius 1 is 1.25 bits per heavy atom. The first-order valence-electron chi connectivity index (χ1n) is 8.09. The minimum atomic E-state index is -0.469. The maximum absolute atomic E-state index is 12.2. The highest BCUT2D eigenvalue weighted by Gasteiger charge is 2.24. The molecule has 1 aromatic carbocycles. The van der Waals surface area contributed by atoms with Crippen LogP contribution in [0.3, 0.4) is 0 Å². The third kappa shape index (κ3) is 3.59. The molecule has 24 heavy (non-hydrogen) atoms. The van der Waals surface area contributed by atoms with Crippen LogP contribution in [0.25, 0.3) is 0 Å². The Morgan fingerprint density at radius 2 is 2.04 bits per heavy atom. The normalized spacial score (nSPS) is 13.2. The van der Waals surface area contributed by atoms with Crippen molar-refractivity contribution in [2.24, 2.45) is 5.73 Å². The molecule has 0 bridgehead atoms. The summed E-state index contributed by atoms with van der Waals surface area (Å²) in [5.74, 6) is -0.469. The lowest BCUT2D eigenvalue weighted by Crippen LogP contribution is -2.29. The largest absolute Gasteiger partial charge is 0.365 e. The van der Waals surface area contributed by atoms with Crippen LogP contribution < -0.4 is 16.4 Å². The van der Waals surface area contributed by atoms with Gasteiger partial charge in [-0.15, -0.1) is 11.3 Å². The van der Waals surface area contributed by atoms with Gasteiger partial charge in [0, 0.05) is 11.4 Å². The highest BCUT2D eigenvalue weighted by molar-refractivity contribution is 7.17. The van der Waals surface area contributed by atoms with Gasteiger partial charge in [-0.1, -0.05) is 29.8 Å². The lowest BCUT2D eigenvalue weighted by Gasteiger charge is -2.11. The molecular weight excluding hydrogens is 322 g/mol. The predicted octanol–water partition coefficient (Wildman–Crippen LogP) is 3.36. The van der Waals surface area contributed by atoms with Crippen molar-refractivity contribution in [1.82, 2.24) is 5.32 Å². The third-order valence-electron chi connectivity index (χ3n) is 4.18. The quantitative estimate of drug-likeness (QED) is 0.795. The van der Waals surface area contributed by atoms with Crippen LogP contribution in [0.2, 0.25) is 0 Å². The van der Waals surface area contributed by atoms with Gasteiger partial charge in [0.25, 0.3) is 5.91 Å². The van der Waals surface area contributed by atoms with E-state index in [1.807, 2.05) is 31.2 Å². The standard InChI is InChI=1S/C18H21N3O2S/c1-11-5-4-6-12(9-11)10-20-18(23)21-17-15(16(19)22)13-7-2-3-8-14(13)24-17/h4-6,9H,2-3,7-8,10H2,1H3,(H2,19,22)(H2,20,21,23). The van der Waals surface area contributed by atoms with E-state index in [9.17, 15) is 9.59 Å². The second-order valence-electron chi connectivity index (χ2n) is 6.08. The molecule has 3 rings (SSSR count). The van der Waals surface area contributed by atoms with Gasteiger partial charge >= 0.3 is 6.03 Å². The van der Waals surface area contributed by atoms with Gasteiger partial charge < -0.3 is 11.1 Å². The number of nitrogens with two attached hydrogens (primary N) is 1. The Balaban J connectivity index is 1.70. The molecule has 2 aromatic rings. The first-order chi connectivity index (χ1) is 11.5. The molecule has 0 saturated heterocycles. The SMILES string of the molecule is Cc1cccc(CNC(=O)Nc2sc3c(c2C(N)=O)CCCC3)c1. The van der Waals surface area contributed by atoms with Gasteiger partial charge in [0.05, 0.1) is 5.56 Å². The van der Waals surface area contributed by atoms with Crippen molar-refractivity contribution < 1.29 is 9.59 Å². The van der Waals surface area contributed by atoms with Crippen LogP contribution >= 0.6 is 11.3 Å². The molecule has 0 unspecified atom stereocenters. The third-order valence-corrected chi connectivity index (χ3v) is 5.39. The monoisotopic (exact) mass is 343 g/mol. The van der Waals surface area contributed by atoms with Crippen molar-refractivity contribution in [3.05, 3.63) is 51.4 Å². The van der Waals surface area contributed by atoms with E-state index >= 15 is 0 Å². The number of amides is 3. The number of anilines is 1. The average molecular weight is 343 g/mol. The summed E-state index contributed by atoms with van der Waals surface area (Å²) in [4.78, 5) is 25.2. The van der Waals surface area contributed by atoms with E-state index in [0.717, 1.165) is 42.4 Å². The molecule has 4 N–H and O–H groups in total. The Bertz CT molecular complexity index is 783. The highest BCUT2D eigenvalue weighted by Crippen LogP contribution is 2.37. The molecule has 1 heterocycles. The molecule has 0 saturated carbocycles. The number of carbonyl (C=O) groups is 2. The molecular formula is C18H21N3O2S. The van der Waals surface area contributed by atoms with Crippen molar-refractivity contribution in [1.29, 1.82) is 0 Å². The smallest absolute Gasteiger partial charge is 0.320 e. The molecule has 0 radical (unpaired) electrons. The van der Waals surface area contributed by atoms with E-state index in [1.54, 1.807) is 0 Å².